The first kappa shape index (κ1) is 14.1. The van der Waals surface area contributed by atoms with Crippen molar-refractivity contribution in [2.75, 3.05) is 0 Å². The number of amides is 1. The standard InChI is InChI=1S/C13H13FN2O4/c14-9-5-8(6-11(7-9)16(19)20)13(18)15-10-1-3-12(17)4-2-10/h5-7,10H,1-4H2,(H,15,18). The Hall–Kier alpha value is -2.31. The highest BCUT2D eigenvalue weighted by Gasteiger charge is 2.22. The fraction of sp³-hybridized carbons (Fsp3) is 0.385. The number of rotatable bonds is 3. The van der Waals surface area contributed by atoms with Crippen molar-refractivity contribution >= 4 is 17.4 Å². The van der Waals surface area contributed by atoms with Crippen molar-refractivity contribution in [3.63, 3.8) is 0 Å². The molecule has 1 saturated carbocycles. The summed E-state index contributed by atoms with van der Waals surface area (Å²) in [5.74, 6) is -1.23. The molecule has 0 atom stereocenters. The molecule has 0 aliphatic heterocycles. The molecule has 0 spiro atoms. The Bertz CT molecular complexity index is 563. The number of nitro groups is 1. The van der Waals surface area contributed by atoms with Crippen LogP contribution in [0.15, 0.2) is 18.2 Å². The number of nitro benzene ring substituents is 1. The summed E-state index contributed by atoms with van der Waals surface area (Å²) in [6.07, 6.45) is 1.91. The topological polar surface area (TPSA) is 89.3 Å². The van der Waals surface area contributed by atoms with Crippen LogP contribution in [-0.2, 0) is 4.79 Å². The van der Waals surface area contributed by atoms with Gasteiger partial charge in [0, 0.05) is 30.5 Å². The highest BCUT2D eigenvalue weighted by atomic mass is 19.1. The fourth-order valence-corrected chi connectivity index (χ4v) is 2.16. The molecule has 7 heteroatoms. The van der Waals surface area contributed by atoms with E-state index in [-0.39, 0.29) is 17.4 Å². The number of nitrogens with zero attached hydrogens (tertiary/aromatic N) is 1. The lowest BCUT2D eigenvalue weighted by atomic mass is 9.94. The van der Waals surface area contributed by atoms with Gasteiger partial charge in [0.2, 0.25) is 0 Å². The molecular formula is C13H13FN2O4. The molecule has 1 N–H and O–H groups in total. The molecule has 106 valence electrons. The van der Waals surface area contributed by atoms with E-state index >= 15 is 0 Å². The van der Waals surface area contributed by atoms with Crippen molar-refractivity contribution in [1.82, 2.24) is 5.32 Å². The maximum atomic E-state index is 13.2. The lowest BCUT2D eigenvalue weighted by Gasteiger charge is -2.22. The van der Waals surface area contributed by atoms with Gasteiger partial charge in [-0.3, -0.25) is 19.7 Å². The summed E-state index contributed by atoms with van der Waals surface area (Å²) in [7, 11) is 0. The Morgan fingerprint density at radius 2 is 1.95 bits per heavy atom. The summed E-state index contributed by atoms with van der Waals surface area (Å²) in [6.45, 7) is 0. The molecule has 1 aliphatic rings. The lowest BCUT2D eigenvalue weighted by molar-refractivity contribution is -0.385. The van der Waals surface area contributed by atoms with Gasteiger partial charge in [-0.15, -0.1) is 0 Å². The Kier molecular flexibility index (Phi) is 4.07. The van der Waals surface area contributed by atoms with E-state index in [0.717, 1.165) is 18.2 Å². The zero-order chi connectivity index (χ0) is 14.7. The Labute approximate surface area is 114 Å². The zero-order valence-electron chi connectivity index (χ0n) is 10.6. The van der Waals surface area contributed by atoms with Crippen molar-refractivity contribution in [3.05, 3.63) is 39.7 Å². The second-order valence-electron chi connectivity index (χ2n) is 4.74. The molecule has 20 heavy (non-hydrogen) atoms. The molecule has 0 bridgehead atoms. The molecular weight excluding hydrogens is 267 g/mol. The Morgan fingerprint density at radius 3 is 2.55 bits per heavy atom. The Balaban J connectivity index is 2.09. The van der Waals surface area contributed by atoms with Crippen LogP contribution in [-0.4, -0.2) is 22.7 Å². The van der Waals surface area contributed by atoms with E-state index in [1.807, 2.05) is 0 Å². The Morgan fingerprint density at radius 1 is 1.30 bits per heavy atom. The number of hydrogen-bond acceptors (Lipinski definition) is 4. The van der Waals surface area contributed by atoms with E-state index in [0.29, 0.717) is 25.7 Å². The van der Waals surface area contributed by atoms with Crippen LogP contribution in [0.1, 0.15) is 36.0 Å². The first-order chi connectivity index (χ1) is 9.45. The van der Waals surface area contributed by atoms with E-state index < -0.39 is 22.3 Å². The average molecular weight is 280 g/mol. The van der Waals surface area contributed by atoms with Crippen molar-refractivity contribution in [3.8, 4) is 0 Å². The van der Waals surface area contributed by atoms with Crippen LogP contribution in [0.25, 0.3) is 0 Å². The number of halogens is 1. The number of ketones is 1. The second kappa shape index (κ2) is 5.77. The van der Waals surface area contributed by atoms with Crippen molar-refractivity contribution in [2.24, 2.45) is 0 Å². The van der Waals surface area contributed by atoms with Gasteiger partial charge in [-0.05, 0) is 18.9 Å². The van der Waals surface area contributed by atoms with Gasteiger partial charge < -0.3 is 5.32 Å². The van der Waals surface area contributed by atoms with Crippen LogP contribution >= 0.6 is 0 Å². The third-order valence-electron chi connectivity index (χ3n) is 3.23. The minimum Gasteiger partial charge on any atom is -0.349 e. The highest BCUT2D eigenvalue weighted by molar-refractivity contribution is 5.95. The van der Waals surface area contributed by atoms with Crippen LogP contribution < -0.4 is 5.32 Å². The van der Waals surface area contributed by atoms with Gasteiger partial charge in [-0.1, -0.05) is 0 Å². The van der Waals surface area contributed by atoms with Gasteiger partial charge >= 0.3 is 0 Å². The minimum absolute atomic E-state index is 0.0893. The number of carbonyl (C=O) groups is 2. The number of non-ortho nitro benzene ring substituents is 1. The predicted molar refractivity (Wildman–Crippen MR) is 67.8 cm³/mol. The first-order valence-corrected chi connectivity index (χ1v) is 6.23. The monoisotopic (exact) mass is 280 g/mol. The van der Waals surface area contributed by atoms with E-state index in [4.69, 9.17) is 0 Å². The van der Waals surface area contributed by atoms with Crippen molar-refractivity contribution in [1.29, 1.82) is 0 Å². The summed E-state index contributed by atoms with van der Waals surface area (Å²) in [5, 5.41) is 13.3. The van der Waals surface area contributed by atoms with Crippen LogP contribution in [0.5, 0.6) is 0 Å². The van der Waals surface area contributed by atoms with Gasteiger partial charge in [0.1, 0.15) is 11.6 Å². The summed E-state index contributed by atoms with van der Waals surface area (Å²) < 4.78 is 13.2. The molecule has 1 aromatic carbocycles. The third kappa shape index (κ3) is 3.37. The number of hydrogen-bond donors (Lipinski definition) is 1. The lowest BCUT2D eigenvalue weighted by Crippen LogP contribution is -2.37. The summed E-state index contributed by atoms with van der Waals surface area (Å²) in [5.41, 5.74) is -0.553. The number of benzene rings is 1. The van der Waals surface area contributed by atoms with Gasteiger partial charge in [-0.2, -0.15) is 0 Å². The van der Waals surface area contributed by atoms with Gasteiger partial charge in [0.15, 0.2) is 0 Å². The molecule has 0 saturated heterocycles. The normalized spacial score (nSPS) is 15.9. The highest BCUT2D eigenvalue weighted by Crippen LogP contribution is 2.18. The molecule has 0 heterocycles. The smallest absolute Gasteiger partial charge is 0.273 e. The first-order valence-electron chi connectivity index (χ1n) is 6.23. The largest absolute Gasteiger partial charge is 0.349 e. The summed E-state index contributed by atoms with van der Waals surface area (Å²) in [4.78, 5) is 32.9. The molecule has 0 aromatic heterocycles. The molecule has 1 fully saturated rings. The summed E-state index contributed by atoms with van der Waals surface area (Å²) in [6, 6.07) is 2.60. The predicted octanol–water partition coefficient (Wildman–Crippen LogP) is 1.98. The van der Waals surface area contributed by atoms with Crippen LogP contribution in [0.3, 0.4) is 0 Å². The number of Topliss-reactive ketones (excluding diaryl/α,β-unsaturated/α-hetero) is 1. The van der Waals surface area contributed by atoms with E-state index in [1.54, 1.807) is 0 Å². The summed E-state index contributed by atoms with van der Waals surface area (Å²) >= 11 is 0. The van der Waals surface area contributed by atoms with Crippen LogP contribution in [0.4, 0.5) is 10.1 Å². The molecule has 1 amide bonds. The SMILES string of the molecule is O=C1CCC(NC(=O)c2cc(F)cc([N+](=O)[O-])c2)CC1. The molecule has 6 nitrogen and oxygen atoms in total. The minimum atomic E-state index is -0.830. The van der Waals surface area contributed by atoms with Crippen molar-refractivity contribution in [2.45, 2.75) is 31.7 Å². The number of carbonyl (C=O) groups excluding carboxylic acids is 2. The van der Waals surface area contributed by atoms with Crippen molar-refractivity contribution < 1.29 is 18.9 Å². The molecule has 1 aliphatic carbocycles. The average Bonchev–Trinajstić information content (AvgIpc) is 2.40. The maximum Gasteiger partial charge on any atom is 0.273 e. The third-order valence-corrected chi connectivity index (χ3v) is 3.23. The molecule has 0 radical (unpaired) electrons. The van der Waals surface area contributed by atoms with Gasteiger partial charge in [0.05, 0.1) is 11.0 Å². The fourth-order valence-electron chi connectivity index (χ4n) is 2.16. The zero-order valence-corrected chi connectivity index (χ0v) is 10.6. The van der Waals surface area contributed by atoms with Gasteiger partial charge in [0.25, 0.3) is 11.6 Å². The van der Waals surface area contributed by atoms with E-state index in [1.165, 1.54) is 0 Å². The maximum absolute atomic E-state index is 13.2. The second-order valence-corrected chi connectivity index (χ2v) is 4.74. The van der Waals surface area contributed by atoms with E-state index in [2.05, 4.69) is 5.32 Å². The molecule has 2 rings (SSSR count). The van der Waals surface area contributed by atoms with Gasteiger partial charge in [-0.25, -0.2) is 4.39 Å². The van der Waals surface area contributed by atoms with Crippen LogP contribution in [0, 0.1) is 15.9 Å². The quantitative estimate of drug-likeness (QED) is 0.677. The number of nitrogens with one attached hydrogen (secondary N) is 1. The van der Waals surface area contributed by atoms with Crippen LogP contribution in [0.2, 0.25) is 0 Å². The molecule has 1 aromatic rings. The molecule has 0 unspecified atom stereocenters. The van der Waals surface area contributed by atoms with E-state index in [9.17, 15) is 24.1 Å².